The fraction of sp³-hybridized carbons (Fsp3) is 0.944. The van der Waals surface area contributed by atoms with Gasteiger partial charge in [0.2, 0.25) is 15.9 Å². The van der Waals surface area contributed by atoms with Crippen LogP contribution < -0.4 is 0 Å². The van der Waals surface area contributed by atoms with Crippen LogP contribution in [0.4, 0.5) is 0 Å². The maximum absolute atomic E-state index is 13.5. The van der Waals surface area contributed by atoms with Crippen LogP contribution in [0, 0.1) is 0 Å². The Morgan fingerprint density at radius 1 is 0.840 bits per heavy atom. The molecule has 1 saturated carbocycles. The Bertz CT molecular complexity index is 558. The summed E-state index contributed by atoms with van der Waals surface area (Å²) >= 11 is 0. The Kier molecular flexibility index (Phi) is 6.06. The fourth-order valence-corrected chi connectivity index (χ4v) is 5.86. The van der Waals surface area contributed by atoms with Gasteiger partial charge in [-0.1, -0.05) is 25.7 Å². The van der Waals surface area contributed by atoms with Gasteiger partial charge in [0.05, 0.1) is 5.75 Å². The first-order chi connectivity index (χ1) is 12.0. The van der Waals surface area contributed by atoms with Crippen LogP contribution in [0.25, 0.3) is 0 Å². The lowest BCUT2D eigenvalue weighted by atomic mass is 9.78. The highest BCUT2D eigenvalue weighted by Crippen LogP contribution is 2.37. The van der Waals surface area contributed by atoms with Crippen molar-refractivity contribution in [2.24, 2.45) is 0 Å². The highest BCUT2D eigenvalue weighted by molar-refractivity contribution is 7.89. The maximum atomic E-state index is 13.5. The SMILES string of the molecule is CCS(=O)(=O)N1CCN(C(=O)C2(N3CCCCC3)CCCCC2)CC1. The second-order valence-electron chi connectivity index (χ2n) is 7.73. The summed E-state index contributed by atoms with van der Waals surface area (Å²) in [6.07, 6.45) is 9.09. The molecule has 25 heavy (non-hydrogen) atoms. The molecule has 3 fully saturated rings. The van der Waals surface area contributed by atoms with Crippen molar-refractivity contribution < 1.29 is 13.2 Å². The first kappa shape index (κ1) is 19.1. The predicted molar refractivity (Wildman–Crippen MR) is 98.9 cm³/mol. The average molecular weight is 372 g/mol. The minimum absolute atomic E-state index is 0.138. The minimum Gasteiger partial charge on any atom is -0.338 e. The van der Waals surface area contributed by atoms with Crippen LogP contribution in [-0.4, -0.2) is 79.0 Å². The summed E-state index contributed by atoms with van der Waals surface area (Å²) in [5, 5.41) is 0. The van der Waals surface area contributed by atoms with Crippen molar-refractivity contribution in [1.82, 2.24) is 14.1 Å². The summed E-state index contributed by atoms with van der Waals surface area (Å²) in [7, 11) is -3.15. The van der Waals surface area contributed by atoms with Gasteiger partial charge in [0.1, 0.15) is 5.54 Å². The van der Waals surface area contributed by atoms with Crippen molar-refractivity contribution in [3.05, 3.63) is 0 Å². The number of carbonyl (C=O) groups is 1. The molecule has 0 atom stereocenters. The van der Waals surface area contributed by atoms with Crippen LogP contribution in [0.15, 0.2) is 0 Å². The monoisotopic (exact) mass is 371 g/mol. The van der Waals surface area contributed by atoms with E-state index in [9.17, 15) is 13.2 Å². The van der Waals surface area contributed by atoms with Gasteiger partial charge in [0, 0.05) is 26.2 Å². The predicted octanol–water partition coefficient (Wildman–Crippen LogP) is 1.67. The van der Waals surface area contributed by atoms with Gasteiger partial charge < -0.3 is 4.90 Å². The summed E-state index contributed by atoms with van der Waals surface area (Å²) in [6, 6.07) is 0. The molecule has 0 N–H and O–H groups in total. The second kappa shape index (κ2) is 7.92. The first-order valence-electron chi connectivity index (χ1n) is 10.0. The van der Waals surface area contributed by atoms with E-state index in [0.29, 0.717) is 26.2 Å². The number of rotatable bonds is 4. The van der Waals surface area contributed by atoms with Crippen molar-refractivity contribution in [1.29, 1.82) is 0 Å². The molecular weight excluding hydrogens is 338 g/mol. The Morgan fingerprint density at radius 3 is 1.96 bits per heavy atom. The Labute approximate surface area is 152 Å². The summed E-state index contributed by atoms with van der Waals surface area (Å²) < 4.78 is 25.7. The Morgan fingerprint density at radius 2 is 1.40 bits per heavy atom. The van der Waals surface area contributed by atoms with E-state index in [1.807, 2.05) is 4.90 Å². The molecule has 3 aliphatic rings. The van der Waals surface area contributed by atoms with Crippen molar-refractivity contribution in [3.63, 3.8) is 0 Å². The van der Waals surface area contributed by atoms with Gasteiger partial charge in [-0.25, -0.2) is 8.42 Å². The molecule has 0 radical (unpaired) electrons. The number of likely N-dealkylation sites (tertiary alicyclic amines) is 1. The smallest absolute Gasteiger partial charge is 0.243 e. The molecule has 0 aromatic heterocycles. The van der Waals surface area contributed by atoms with Crippen LogP contribution in [0.5, 0.6) is 0 Å². The van der Waals surface area contributed by atoms with Crippen LogP contribution in [0.1, 0.15) is 58.3 Å². The molecule has 0 bridgehead atoms. The van der Waals surface area contributed by atoms with Crippen molar-refractivity contribution >= 4 is 15.9 Å². The quantitative estimate of drug-likeness (QED) is 0.754. The van der Waals surface area contributed by atoms with Gasteiger partial charge >= 0.3 is 0 Å². The average Bonchev–Trinajstić information content (AvgIpc) is 2.68. The molecule has 2 saturated heterocycles. The lowest BCUT2D eigenvalue weighted by Crippen LogP contribution is -2.64. The van der Waals surface area contributed by atoms with Gasteiger partial charge in [-0.2, -0.15) is 4.31 Å². The molecule has 2 heterocycles. The highest BCUT2D eigenvalue weighted by atomic mass is 32.2. The molecule has 2 aliphatic heterocycles. The third-order valence-electron chi connectivity index (χ3n) is 6.32. The minimum atomic E-state index is -3.15. The van der Waals surface area contributed by atoms with Gasteiger partial charge in [-0.05, 0) is 45.7 Å². The summed E-state index contributed by atoms with van der Waals surface area (Å²) in [6.45, 7) is 5.71. The summed E-state index contributed by atoms with van der Waals surface area (Å²) in [5.74, 6) is 0.404. The number of hydrogen-bond acceptors (Lipinski definition) is 4. The van der Waals surface area contributed by atoms with Crippen LogP contribution >= 0.6 is 0 Å². The number of amides is 1. The fourth-order valence-electron chi connectivity index (χ4n) is 4.77. The molecule has 144 valence electrons. The molecule has 0 unspecified atom stereocenters. The molecule has 0 aromatic carbocycles. The van der Waals surface area contributed by atoms with Gasteiger partial charge in [0.15, 0.2) is 0 Å². The van der Waals surface area contributed by atoms with Gasteiger partial charge in [-0.15, -0.1) is 0 Å². The van der Waals surface area contributed by atoms with E-state index >= 15 is 0 Å². The highest BCUT2D eigenvalue weighted by Gasteiger charge is 2.47. The van der Waals surface area contributed by atoms with Crippen LogP contribution in [-0.2, 0) is 14.8 Å². The number of piperidine rings is 1. The first-order valence-corrected chi connectivity index (χ1v) is 11.6. The van der Waals surface area contributed by atoms with Crippen molar-refractivity contribution in [2.45, 2.75) is 63.8 Å². The molecule has 3 rings (SSSR count). The molecule has 6 nitrogen and oxygen atoms in total. The molecule has 1 amide bonds. The van der Waals surface area contributed by atoms with Crippen LogP contribution in [0.2, 0.25) is 0 Å². The lowest BCUT2D eigenvalue weighted by Gasteiger charge is -2.49. The summed E-state index contributed by atoms with van der Waals surface area (Å²) in [5.41, 5.74) is -0.315. The summed E-state index contributed by atoms with van der Waals surface area (Å²) in [4.78, 5) is 17.9. The molecule has 1 aliphatic carbocycles. The number of hydrogen-bond donors (Lipinski definition) is 0. The van der Waals surface area contributed by atoms with E-state index in [-0.39, 0.29) is 17.2 Å². The normalized spacial score (nSPS) is 26.5. The van der Waals surface area contributed by atoms with Gasteiger partial charge in [-0.3, -0.25) is 9.69 Å². The second-order valence-corrected chi connectivity index (χ2v) is 9.99. The van der Waals surface area contributed by atoms with Gasteiger partial charge in [0.25, 0.3) is 0 Å². The molecule has 0 aromatic rings. The third-order valence-corrected chi connectivity index (χ3v) is 8.21. The molecule has 7 heteroatoms. The van der Waals surface area contributed by atoms with E-state index in [1.54, 1.807) is 11.2 Å². The number of sulfonamides is 1. The molecule has 0 spiro atoms. The van der Waals surface area contributed by atoms with Crippen molar-refractivity contribution in [2.75, 3.05) is 45.0 Å². The zero-order chi connectivity index (χ0) is 17.9. The number of carbonyl (C=O) groups excluding carboxylic acids is 1. The van der Waals surface area contributed by atoms with E-state index in [1.165, 1.54) is 25.7 Å². The van der Waals surface area contributed by atoms with E-state index in [0.717, 1.165) is 38.8 Å². The van der Waals surface area contributed by atoms with E-state index < -0.39 is 10.0 Å². The zero-order valence-corrected chi connectivity index (χ0v) is 16.4. The topological polar surface area (TPSA) is 60.9 Å². The largest absolute Gasteiger partial charge is 0.338 e. The zero-order valence-electron chi connectivity index (χ0n) is 15.6. The maximum Gasteiger partial charge on any atom is 0.243 e. The van der Waals surface area contributed by atoms with Crippen LogP contribution in [0.3, 0.4) is 0 Å². The molecular formula is C18H33N3O3S. The lowest BCUT2D eigenvalue weighted by molar-refractivity contribution is -0.149. The number of piperazine rings is 1. The Hall–Kier alpha value is -0.660. The standard InChI is InChI=1S/C18H33N3O3S/c1-2-25(23,24)21-15-13-19(14-16-21)17(22)18(9-5-3-6-10-18)20-11-7-4-8-12-20/h2-16H2,1H3. The third kappa shape index (κ3) is 3.88. The number of nitrogens with zero attached hydrogens (tertiary/aromatic N) is 3. The van der Waals surface area contributed by atoms with E-state index in [2.05, 4.69) is 4.90 Å². The van der Waals surface area contributed by atoms with Crippen molar-refractivity contribution in [3.8, 4) is 0 Å². The van der Waals surface area contributed by atoms with E-state index in [4.69, 9.17) is 0 Å². The Balaban J connectivity index is 1.71.